The SMILES string of the molecule is CC[C@H](C)[C@H](C(=O)O[C@@H](C)C(=O)Nc1ccc(C(N)=O)cc1)c1ccccc1. The van der Waals surface area contributed by atoms with Crippen molar-refractivity contribution in [3.05, 3.63) is 65.7 Å². The van der Waals surface area contributed by atoms with E-state index in [2.05, 4.69) is 5.32 Å². The van der Waals surface area contributed by atoms with Gasteiger partial charge in [0.05, 0.1) is 5.92 Å². The molecule has 2 amide bonds. The first-order valence-corrected chi connectivity index (χ1v) is 9.29. The molecule has 6 nitrogen and oxygen atoms in total. The number of carbonyl (C=O) groups excluding carboxylic acids is 3. The van der Waals surface area contributed by atoms with Gasteiger partial charge in [0.2, 0.25) is 5.91 Å². The number of nitrogens with two attached hydrogens (primary N) is 1. The van der Waals surface area contributed by atoms with Crippen molar-refractivity contribution in [2.24, 2.45) is 11.7 Å². The number of esters is 1. The Bertz CT molecular complexity index is 818. The highest BCUT2D eigenvalue weighted by Gasteiger charge is 2.30. The molecule has 0 unspecified atom stereocenters. The van der Waals surface area contributed by atoms with Crippen LogP contribution in [0.15, 0.2) is 54.6 Å². The van der Waals surface area contributed by atoms with Crippen molar-refractivity contribution in [3.63, 3.8) is 0 Å². The zero-order chi connectivity index (χ0) is 20.7. The van der Waals surface area contributed by atoms with Crippen LogP contribution in [-0.2, 0) is 14.3 Å². The average molecular weight is 382 g/mol. The number of amides is 2. The van der Waals surface area contributed by atoms with Crippen LogP contribution in [0.4, 0.5) is 5.69 Å². The molecule has 0 aliphatic heterocycles. The van der Waals surface area contributed by atoms with E-state index in [4.69, 9.17) is 10.5 Å². The van der Waals surface area contributed by atoms with Crippen LogP contribution in [0.25, 0.3) is 0 Å². The van der Waals surface area contributed by atoms with Gasteiger partial charge in [0.1, 0.15) is 0 Å². The van der Waals surface area contributed by atoms with Gasteiger partial charge in [-0.2, -0.15) is 0 Å². The monoisotopic (exact) mass is 382 g/mol. The summed E-state index contributed by atoms with van der Waals surface area (Å²) in [6.45, 7) is 5.54. The second-order valence-electron chi connectivity index (χ2n) is 6.78. The van der Waals surface area contributed by atoms with Crippen LogP contribution in [0.2, 0.25) is 0 Å². The van der Waals surface area contributed by atoms with Gasteiger partial charge < -0.3 is 15.8 Å². The smallest absolute Gasteiger partial charge is 0.314 e. The van der Waals surface area contributed by atoms with Crippen LogP contribution in [-0.4, -0.2) is 23.9 Å². The quantitative estimate of drug-likeness (QED) is 0.683. The highest BCUT2D eigenvalue weighted by molar-refractivity contribution is 5.97. The minimum absolute atomic E-state index is 0.0755. The van der Waals surface area contributed by atoms with E-state index in [9.17, 15) is 14.4 Å². The Morgan fingerprint density at radius 2 is 1.61 bits per heavy atom. The summed E-state index contributed by atoms with van der Waals surface area (Å²) in [5, 5.41) is 2.67. The lowest BCUT2D eigenvalue weighted by molar-refractivity contribution is -0.155. The lowest BCUT2D eigenvalue weighted by Gasteiger charge is -2.23. The van der Waals surface area contributed by atoms with E-state index >= 15 is 0 Å². The molecule has 2 aromatic carbocycles. The highest BCUT2D eigenvalue weighted by atomic mass is 16.5. The molecular formula is C22H26N2O4. The van der Waals surface area contributed by atoms with E-state index in [1.807, 2.05) is 44.2 Å². The molecule has 3 N–H and O–H groups in total. The fraction of sp³-hybridized carbons (Fsp3) is 0.318. The predicted molar refractivity (Wildman–Crippen MR) is 108 cm³/mol. The van der Waals surface area contributed by atoms with E-state index in [0.29, 0.717) is 11.3 Å². The van der Waals surface area contributed by atoms with Crippen molar-refractivity contribution in [1.82, 2.24) is 0 Å². The van der Waals surface area contributed by atoms with Gasteiger partial charge >= 0.3 is 5.97 Å². The normalized spacial score (nSPS) is 13.8. The molecule has 3 atom stereocenters. The van der Waals surface area contributed by atoms with E-state index in [1.165, 1.54) is 19.1 Å². The molecule has 0 aliphatic rings. The summed E-state index contributed by atoms with van der Waals surface area (Å²) in [5.74, 6) is -1.77. The van der Waals surface area contributed by atoms with Crippen LogP contribution in [0.3, 0.4) is 0 Å². The van der Waals surface area contributed by atoms with Gasteiger partial charge in [0, 0.05) is 11.3 Å². The fourth-order valence-electron chi connectivity index (χ4n) is 2.86. The molecule has 0 saturated heterocycles. The van der Waals surface area contributed by atoms with Crippen molar-refractivity contribution in [2.75, 3.05) is 5.32 Å². The van der Waals surface area contributed by atoms with Gasteiger partial charge in [-0.15, -0.1) is 0 Å². The molecule has 6 heteroatoms. The molecule has 0 fully saturated rings. The molecule has 0 bridgehead atoms. The standard InChI is InChI=1S/C22H26N2O4/c1-4-14(2)19(16-8-6-5-7-9-16)22(27)28-15(3)21(26)24-18-12-10-17(11-13-18)20(23)25/h5-15,19H,4H2,1-3H3,(H2,23,25)(H,24,26)/t14-,15-,19-/m0/s1. The number of carbonyl (C=O) groups is 3. The lowest BCUT2D eigenvalue weighted by Crippen LogP contribution is -2.33. The van der Waals surface area contributed by atoms with Gasteiger partial charge in [0.15, 0.2) is 6.10 Å². The third kappa shape index (κ3) is 5.42. The molecule has 0 spiro atoms. The van der Waals surface area contributed by atoms with Crippen LogP contribution < -0.4 is 11.1 Å². The topological polar surface area (TPSA) is 98.5 Å². The third-order valence-electron chi connectivity index (χ3n) is 4.72. The average Bonchev–Trinajstić information content (AvgIpc) is 2.69. The van der Waals surface area contributed by atoms with Crippen LogP contribution >= 0.6 is 0 Å². The maximum absolute atomic E-state index is 12.8. The van der Waals surface area contributed by atoms with Crippen LogP contribution in [0, 0.1) is 5.92 Å². The van der Waals surface area contributed by atoms with Gasteiger partial charge in [-0.25, -0.2) is 0 Å². The highest BCUT2D eigenvalue weighted by Crippen LogP contribution is 2.28. The summed E-state index contributed by atoms with van der Waals surface area (Å²) < 4.78 is 5.46. The number of hydrogen-bond donors (Lipinski definition) is 2. The van der Waals surface area contributed by atoms with Gasteiger partial charge in [0.25, 0.3) is 5.91 Å². The van der Waals surface area contributed by atoms with Gasteiger partial charge in [-0.3, -0.25) is 14.4 Å². The number of anilines is 1. The van der Waals surface area contributed by atoms with Crippen molar-refractivity contribution in [3.8, 4) is 0 Å². The summed E-state index contributed by atoms with van der Waals surface area (Å²) in [4.78, 5) is 36.3. The van der Waals surface area contributed by atoms with Gasteiger partial charge in [-0.1, -0.05) is 50.6 Å². The molecular weight excluding hydrogens is 356 g/mol. The Morgan fingerprint density at radius 1 is 1.00 bits per heavy atom. The lowest BCUT2D eigenvalue weighted by atomic mass is 9.85. The van der Waals surface area contributed by atoms with Crippen molar-refractivity contribution in [1.29, 1.82) is 0 Å². The third-order valence-corrected chi connectivity index (χ3v) is 4.72. The minimum Gasteiger partial charge on any atom is -0.452 e. The zero-order valence-electron chi connectivity index (χ0n) is 16.3. The second kappa shape index (κ2) is 9.69. The van der Waals surface area contributed by atoms with Crippen molar-refractivity contribution in [2.45, 2.75) is 39.2 Å². The van der Waals surface area contributed by atoms with Crippen molar-refractivity contribution < 1.29 is 19.1 Å². The minimum atomic E-state index is -0.960. The summed E-state index contributed by atoms with van der Waals surface area (Å²) in [7, 11) is 0. The summed E-state index contributed by atoms with van der Waals surface area (Å²) in [6.07, 6.45) is -0.153. The van der Waals surface area contributed by atoms with E-state index in [0.717, 1.165) is 12.0 Å². The maximum Gasteiger partial charge on any atom is 0.314 e. The largest absolute Gasteiger partial charge is 0.452 e. The Hall–Kier alpha value is -3.15. The molecule has 28 heavy (non-hydrogen) atoms. The Balaban J connectivity index is 2.04. The van der Waals surface area contributed by atoms with E-state index < -0.39 is 29.8 Å². The Morgan fingerprint density at radius 3 is 2.14 bits per heavy atom. The zero-order valence-corrected chi connectivity index (χ0v) is 16.3. The second-order valence-corrected chi connectivity index (χ2v) is 6.78. The molecule has 0 aliphatic carbocycles. The maximum atomic E-state index is 12.8. The summed E-state index contributed by atoms with van der Waals surface area (Å²) >= 11 is 0. The van der Waals surface area contributed by atoms with Crippen molar-refractivity contribution >= 4 is 23.5 Å². The summed E-state index contributed by atoms with van der Waals surface area (Å²) in [5.41, 5.74) is 6.90. The number of rotatable bonds is 8. The predicted octanol–water partition coefficient (Wildman–Crippen LogP) is 3.49. The molecule has 148 valence electrons. The Kier molecular flexibility index (Phi) is 7.32. The number of ether oxygens (including phenoxy) is 1. The number of benzene rings is 2. The van der Waals surface area contributed by atoms with E-state index in [1.54, 1.807) is 12.1 Å². The molecule has 2 rings (SSSR count). The molecule has 0 saturated carbocycles. The summed E-state index contributed by atoms with van der Waals surface area (Å²) in [6, 6.07) is 15.6. The molecule has 0 aromatic heterocycles. The van der Waals surface area contributed by atoms with Gasteiger partial charge in [-0.05, 0) is 42.7 Å². The Labute approximate surface area is 165 Å². The number of hydrogen-bond acceptors (Lipinski definition) is 4. The van der Waals surface area contributed by atoms with Crippen LogP contribution in [0.1, 0.15) is 49.0 Å². The number of nitrogens with one attached hydrogen (secondary N) is 1. The first-order chi connectivity index (χ1) is 13.3. The first-order valence-electron chi connectivity index (χ1n) is 9.29. The fourth-order valence-corrected chi connectivity index (χ4v) is 2.86. The first kappa shape index (κ1) is 21.2. The van der Waals surface area contributed by atoms with Crippen LogP contribution in [0.5, 0.6) is 0 Å². The molecule has 0 radical (unpaired) electrons. The molecule has 0 heterocycles. The van der Waals surface area contributed by atoms with E-state index in [-0.39, 0.29) is 5.92 Å². The molecule has 2 aromatic rings. The number of primary amides is 1.